The van der Waals surface area contributed by atoms with Crippen molar-refractivity contribution in [3.05, 3.63) is 35.9 Å². The molecule has 0 bridgehead atoms. The summed E-state index contributed by atoms with van der Waals surface area (Å²) in [5.41, 5.74) is 3.41. The van der Waals surface area contributed by atoms with Crippen molar-refractivity contribution in [2.45, 2.75) is 33.6 Å². The molecule has 2 N–H and O–H groups in total. The van der Waals surface area contributed by atoms with Crippen molar-refractivity contribution in [2.75, 3.05) is 17.2 Å². The number of hydrogen-bond acceptors (Lipinski definition) is 2. The standard InChI is InChI=1S/C17H24N2O/c1-12-7-13(2)9-15(8-12)11-18-16-5-4-6-17(10-16)19-14(3)20/h4-7,10,12,15,18H,8-9,11H2,1-3H3,(H,19,20). The molecule has 1 aromatic rings. The van der Waals surface area contributed by atoms with E-state index < -0.39 is 0 Å². The van der Waals surface area contributed by atoms with E-state index >= 15 is 0 Å². The fraction of sp³-hybridized carbons (Fsp3) is 0.471. The molecule has 1 aliphatic carbocycles. The first kappa shape index (κ1) is 14.6. The Morgan fingerprint density at radius 2 is 2.10 bits per heavy atom. The lowest BCUT2D eigenvalue weighted by molar-refractivity contribution is -0.114. The summed E-state index contributed by atoms with van der Waals surface area (Å²) in [7, 11) is 0. The van der Waals surface area contributed by atoms with Gasteiger partial charge in [0, 0.05) is 24.8 Å². The van der Waals surface area contributed by atoms with E-state index in [1.165, 1.54) is 25.3 Å². The van der Waals surface area contributed by atoms with Crippen LogP contribution in [0.25, 0.3) is 0 Å². The maximum absolute atomic E-state index is 11.1. The minimum atomic E-state index is -0.0379. The van der Waals surface area contributed by atoms with Crippen LogP contribution in [-0.4, -0.2) is 12.5 Å². The highest BCUT2D eigenvalue weighted by Crippen LogP contribution is 2.28. The number of carbonyl (C=O) groups excluding carboxylic acids is 1. The molecule has 0 aromatic heterocycles. The average molecular weight is 272 g/mol. The van der Waals surface area contributed by atoms with Crippen molar-refractivity contribution in [3.8, 4) is 0 Å². The summed E-state index contributed by atoms with van der Waals surface area (Å²) in [4.78, 5) is 11.1. The van der Waals surface area contributed by atoms with Gasteiger partial charge in [-0.3, -0.25) is 4.79 Å². The Hall–Kier alpha value is -1.77. The smallest absolute Gasteiger partial charge is 0.221 e. The van der Waals surface area contributed by atoms with E-state index in [0.717, 1.165) is 17.9 Å². The maximum atomic E-state index is 11.1. The second-order valence-corrected chi connectivity index (χ2v) is 5.94. The molecule has 0 saturated carbocycles. The molecule has 0 aliphatic heterocycles. The number of anilines is 2. The van der Waals surface area contributed by atoms with Crippen molar-refractivity contribution in [1.82, 2.24) is 0 Å². The van der Waals surface area contributed by atoms with Crippen molar-refractivity contribution in [3.63, 3.8) is 0 Å². The van der Waals surface area contributed by atoms with E-state index in [9.17, 15) is 4.79 Å². The minimum absolute atomic E-state index is 0.0379. The van der Waals surface area contributed by atoms with Gasteiger partial charge in [0.25, 0.3) is 0 Å². The van der Waals surface area contributed by atoms with E-state index in [1.807, 2.05) is 24.3 Å². The molecule has 0 spiro atoms. The molecule has 3 heteroatoms. The Kier molecular flexibility index (Phi) is 4.83. The lowest BCUT2D eigenvalue weighted by Crippen LogP contribution is -2.20. The Balaban J connectivity index is 1.91. The fourth-order valence-corrected chi connectivity index (χ4v) is 3.01. The highest BCUT2D eigenvalue weighted by atomic mass is 16.1. The van der Waals surface area contributed by atoms with Crippen LogP contribution in [0.3, 0.4) is 0 Å². The van der Waals surface area contributed by atoms with Crippen molar-refractivity contribution < 1.29 is 4.79 Å². The predicted molar refractivity (Wildman–Crippen MR) is 84.9 cm³/mol. The molecule has 1 aromatic carbocycles. The molecule has 2 rings (SSSR count). The van der Waals surface area contributed by atoms with Gasteiger partial charge in [-0.2, -0.15) is 0 Å². The lowest BCUT2D eigenvalue weighted by atomic mass is 9.84. The number of allylic oxidation sites excluding steroid dienone is 2. The van der Waals surface area contributed by atoms with Gasteiger partial charge < -0.3 is 10.6 Å². The number of benzene rings is 1. The highest BCUT2D eigenvalue weighted by Gasteiger charge is 2.17. The van der Waals surface area contributed by atoms with E-state index in [2.05, 4.69) is 30.6 Å². The topological polar surface area (TPSA) is 41.1 Å². The van der Waals surface area contributed by atoms with E-state index in [1.54, 1.807) is 0 Å². The second-order valence-electron chi connectivity index (χ2n) is 5.94. The van der Waals surface area contributed by atoms with Crippen LogP contribution in [-0.2, 0) is 4.79 Å². The number of amides is 1. The Morgan fingerprint density at radius 1 is 1.35 bits per heavy atom. The molecule has 1 aliphatic rings. The van der Waals surface area contributed by atoms with Crippen LogP contribution in [0.4, 0.5) is 11.4 Å². The normalized spacial score (nSPS) is 22.1. The van der Waals surface area contributed by atoms with Gasteiger partial charge in [-0.05, 0) is 49.8 Å². The minimum Gasteiger partial charge on any atom is -0.385 e. The van der Waals surface area contributed by atoms with Crippen molar-refractivity contribution >= 4 is 17.3 Å². The summed E-state index contributed by atoms with van der Waals surface area (Å²) < 4.78 is 0. The van der Waals surface area contributed by atoms with Crippen LogP contribution >= 0.6 is 0 Å². The first-order valence-corrected chi connectivity index (χ1v) is 7.31. The largest absolute Gasteiger partial charge is 0.385 e. The van der Waals surface area contributed by atoms with Gasteiger partial charge in [-0.15, -0.1) is 0 Å². The first-order chi connectivity index (χ1) is 9.52. The van der Waals surface area contributed by atoms with E-state index in [4.69, 9.17) is 0 Å². The average Bonchev–Trinajstić information content (AvgIpc) is 2.35. The van der Waals surface area contributed by atoms with Gasteiger partial charge in [0.15, 0.2) is 0 Å². The SMILES string of the molecule is CC(=O)Nc1cccc(NCC2CC(C)=CC(C)C2)c1. The van der Waals surface area contributed by atoms with Gasteiger partial charge >= 0.3 is 0 Å². The monoisotopic (exact) mass is 272 g/mol. The van der Waals surface area contributed by atoms with E-state index in [-0.39, 0.29) is 5.91 Å². The molecule has 0 fully saturated rings. The van der Waals surface area contributed by atoms with Gasteiger partial charge in [0.2, 0.25) is 5.91 Å². The lowest BCUT2D eigenvalue weighted by Gasteiger charge is -2.26. The summed E-state index contributed by atoms with van der Waals surface area (Å²) in [5.74, 6) is 1.34. The van der Waals surface area contributed by atoms with Crippen LogP contribution in [0.2, 0.25) is 0 Å². The van der Waals surface area contributed by atoms with Gasteiger partial charge in [-0.1, -0.05) is 24.6 Å². The van der Waals surface area contributed by atoms with Gasteiger partial charge in [-0.25, -0.2) is 0 Å². The number of rotatable bonds is 4. The summed E-state index contributed by atoms with van der Waals surface area (Å²) in [6.45, 7) is 7.02. The summed E-state index contributed by atoms with van der Waals surface area (Å²) in [6.07, 6.45) is 4.81. The van der Waals surface area contributed by atoms with Crippen LogP contribution in [0, 0.1) is 11.8 Å². The van der Waals surface area contributed by atoms with Gasteiger partial charge in [0.1, 0.15) is 0 Å². The van der Waals surface area contributed by atoms with E-state index in [0.29, 0.717) is 11.8 Å². The fourth-order valence-electron chi connectivity index (χ4n) is 3.01. The second kappa shape index (κ2) is 6.60. The third-order valence-electron chi connectivity index (χ3n) is 3.66. The molecule has 1 amide bonds. The molecule has 0 heterocycles. The number of carbonyl (C=O) groups is 1. The van der Waals surface area contributed by atoms with Crippen molar-refractivity contribution in [2.24, 2.45) is 11.8 Å². The van der Waals surface area contributed by atoms with Crippen molar-refractivity contribution in [1.29, 1.82) is 0 Å². The Morgan fingerprint density at radius 3 is 2.80 bits per heavy atom. The zero-order valence-electron chi connectivity index (χ0n) is 12.6. The molecule has 2 unspecified atom stereocenters. The van der Waals surface area contributed by atoms with Gasteiger partial charge in [0.05, 0.1) is 0 Å². The van der Waals surface area contributed by atoms with Crippen LogP contribution < -0.4 is 10.6 Å². The predicted octanol–water partition coefficient (Wildman–Crippen LogP) is 4.05. The molecule has 0 saturated heterocycles. The Bertz CT molecular complexity index is 507. The summed E-state index contributed by atoms with van der Waals surface area (Å²) in [5, 5.41) is 6.30. The highest BCUT2D eigenvalue weighted by molar-refractivity contribution is 5.89. The molecule has 20 heavy (non-hydrogen) atoms. The van der Waals surface area contributed by atoms with Crippen LogP contribution in [0.15, 0.2) is 35.9 Å². The summed E-state index contributed by atoms with van der Waals surface area (Å²) >= 11 is 0. The zero-order valence-corrected chi connectivity index (χ0v) is 12.6. The molecule has 2 atom stereocenters. The number of nitrogens with one attached hydrogen (secondary N) is 2. The van der Waals surface area contributed by atoms with Crippen LogP contribution in [0.1, 0.15) is 33.6 Å². The Labute approximate surface area is 121 Å². The third-order valence-corrected chi connectivity index (χ3v) is 3.66. The first-order valence-electron chi connectivity index (χ1n) is 7.31. The molecular formula is C17H24N2O. The number of hydrogen-bond donors (Lipinski definition) is 2. The van der Waals surface area contributed by atoms with Crippen LogP contribution in [0.5, 0.6) is 0 Å². The molecule has 108 valence electrons. The third kappa shape index (κ3) is 4.41. The zero-order chi connectivity index (χ0) is 14.5. The molecular weight excluding hydrogens is 248 g/mol. The molecule has 3 nitrogen and oxygen atoms in total. The quantitative estimate of drug-likeness (QED) is 0.812. The summed E-state index contributed by atoms with van der Waals surface area (Å²) in [6, 6.07) is 7.89. The molecule has 0 radical (unpaired) electrons. The maximum Gasteiger partial charge on any atom is 0.221 e.